The second-order valence-electron chi connectivity index (χ2n) is 8.51. The molecule has 0 radical (unpaired) electrons. The van der Waals surface area contributed by atoms with Gasteiger partial charge in [0.2, 0.25) is 11.9 Å². The van der Waals surface area contributed by atoms with Crippen LogP contribution in [0.15, 0.2) is 36.5 Å². The predicted molar refractivity (Wildman–Crippen MR) is 117 cm³/mol. The summed E-state index contributed by atoms with van der Waals surface area (Å²) in [7, 11) is 3.93. The molecule has 1 saturated carbocycles. The highest BCUT2D eigenvalue weighted by atomic mass is 16.2. The second kappa shape index (κ2) is 8.81. The first-order valence-corrected chi connectivity index (χ1v) is 10.7. The van der Waals surface area contributed by atoms with Crippen molar-refractivity contribution in [1.29, 1.82) is 0 Å². The van der Waals surface area contributed by atoms with Crippen LogP contribution in [0.2, 0.25) is 0 Å². The van der Waals surface area contributed by atoms with Crippen molar-refractivity contribution in [2.45, 2.75) is 44.1 Å². The Morgan fingerprint density at radius 1 is 1.13 bits per heavy atom. The minimum Gasteiger partial charge on any atom is -0.363 e. The average molecular weight is 408 g/mol. The summed E-state index contributed by atoms with van der Waals surface area (Å²) in [5.41, 5.74) is 1.57. The lowest BCUT2D eigenvalue weighted by Crippen LogP contribution is -2.36. The molecule has 7 heteroatoms. The summed E-state index contributed by atoms with van der Waals surface area (Å²) in [5, 5.41) is 6.55. The van der Waals surface area contributed by atoms with Crippen LogP contribution in [0.25, 0.3) is 0 Å². The molecule has 0 bridgehead atoms. The van der Waals surface area contributed by atoms with Gasteiger partial charge in [-0.1, -0.05) is 24.3 Å². The molecule has 30 heavy (non-hydrogen) atoms. The Bertz CT molecular complexity index is 921. The molecule has 158 valence electrons. The molecule has 2 N–H and O–H groups in total. The monoisotopic (exact) mass is 407 g/mol. The number of amides is 1. The van der Waals surface area contributed by atoms with E-state index in [0.717, 1.165) is 37.1 Å². The van der Waals surface area contributed by atoms with Crippen LogP contribution in [0.3, 0.4) is 0 Å². The highest BCUT2D eigenvalue weighted by Gasteiger charge is 2.34. The minimum atomic E-state index is -0.340. The molecular formula is C23H29N5O2. The Balaban J connectivity index is 1.24. The number of aromatic nitrogens is 2. The van der Waals surface area contributed by atoms with Crippen LogP contribution < -0.4 is 15.5 Å². The summed E-state index contributed by atoms with van der Waals surface area (Å²) >= 11 is 0. The maximum absolute atomic E-state index is 12.7. The van der Waals surface area contributed by atoms with Gasteiger partial charge in [-0.3, -0.25) is 9.59 Å². The zero-order chi connectivity index (χ0) is 21.1. The Hall–Kier alpha value is -2.96. The smallest absolute Gasteiger partial charge is 0.228 e. The topological polar surface area (TPSA) is 87.2 Å². The van der Waals surface area contributed by atoms with Crippen molar-refractivity contribution in [3.8, 4) is 0 Å². The van der Waals surface area contributed by atoms with Gasteiger partial charge in [0, 0.05) is 44.9 Å². The van der Waals surface area contributed by atoms with E-state index in [1.54, 1.807) is 6.20 Å². The largest absolute Gasteiger partial charge is 0.363 e. The van der Waals surface area contributed by atoms with Crippen LogP contribution in [0.5, 0.6) is 0 Å². The number of fused-ring (bicyclic) bond motifs is 1. The molecule has 2 aromatic rings. The molecule has 1 aromatic heterocycles. The molecule has 1 atom stereocenters. The number of carbonyl (C=O) groups excluding carboxylic acids is 2. The van der Waals surface area contributed by atoms with E-state index in [1.165, 1.54) is 0 Å². The van der Waals surface area contributed by atoms with Crippen molar-refractivity contribution in [3.63, 3.8) is 0 Å². The molecule has 4 rings (SSSR count). The minimum absolute atomic E-state index is 0.0255. The number of hydrogen-bond acceptors (Lipinski definition) is 6. The van der Waals surface area contributed by atoms with Gasteiger partial charge in [-0.15, -0.1) is 0 Å². The Morgan fingerprint density at radius 3 is 2.67 bits per heavy atom. The van der Waals surface area contributed by atoms with Gasteiger partial charge in [-0.05, 0) is 43.2 Å². The van der Waals surface area contributed by atoms with Crippen molar-refractivity contribution >= 4 is 23.5 Å². The van der Waals surface area contributed by atoms with Gasteiger partial charge in [0.15, 0.2) is 5.78 Å². The van der Waals surface area contributed by atoms with Crippen molar-refractivity contribution in [3.05, 3.63) is 47.7 Å². The Kier molecular flexibility index (Phi) is 5.97. The highest BCUT2D eigenvalue weighted by Crippen LogP contribution is 2.33. The lowest BCUT2D eigenvalue weighted by atomic mass is 9.86. The van der Waals surface area contributed by atoms with E-state index in [9.17, 15) is 9.59 Å². The van der Waals surface area contributed by atoms with Gasteiger partial charge in [0.25, 0.3) is 0 Å². The summed E-state index contributed by atoms with van der Waals surface area (Å²) in [4.78, 5) is 35.6. The van der Waals surface area contributed by atoms with Crippen LogP contribution in [0, 0.1) is 5.92 Å². The Morgan fingerprint density at radius 2 is 1.90 bits per heavy atom. The zero-order valence-electron chi connectivity index (χ0n) is 17.6. The zero-order valence-corrected chi connectivity index (χ0v) is 17.6. The number of benzene rings is 1. The van der Waals surface area contributed by atoms with Crippen LogP contribution in [-0.4, -0.2) is 48.3 Å². The standard InChI is InChI=1S/C23H29N5O2/c1-28(2)21-11-12-24-23(27-21)26-16-9-7-15(8-10-16)14-25-22(30)19-13-20(29)18-6-4-3-5-17(18)19/h3-6,11-12,15-16,19H,7-10,13-14H2,1-2H3,(H,25,30)(H,24,26,27). The van der Waals surface area contributed by atoms with E-state index in [2.05, 4.69) is 20.6 Å². The summed E-state index contributed by atoms with van der Waals surface area (Å²) in [6.45, 7) is 0.672. The highest BCUT2D eigenvalue weighted by molar-refractivity contribution is 6.06. The van der Waals surface area contributed by atoms with Gasteiger partial charge in [0.05, 0.1) is 5.92 Å². The number of carbonyl (C=O) groups is 2. The summed E-state index contributed by atoms with van der Waals surface area (Å²) < 4.78 is 0. The molecule has 1 heterocycles. The molecule has 1 unspecified atom stereocenters. The maximum atomic E-state index is 12.7. The van der Waals surface area contributed by atoms with E-state index < -0.39 is 0 Å². The number of nitrogens with zero attached hydrogens (tertiary/aromatic N) is 3. The summed E-state index contributed by atoms with van der Waals surface area (Å²) in [5.74, 6) is 1.72. The molecule has 1 amide bonds. The number of Topliss-reactive ketones (excluding diaryl/α,β-unsaturated/α-hetero) is 1. The van der Waals surface area contributed by atoms with Crippen molar-refractivity contribution in [2.24, 2.45) is 5.92 Å². The molecule has 0 aliphatic heterocycles. The van der Waals surface area contributed by atoms with E-state index in [1.807, 2.05) is 49.3 Å². The number of ketones is 1. The van der Waals surface area contributed by atoms with Crippen LogP contribution in [0.1, 0.15) is 53.9 Å². The van der Waals surface area contributed by atoms with Gasteiger partial charge >= 0.3 is 0 Å². The first kappa shape index (κ1) is 20.3. The van der Waals surface area contributed by atoms with Gasteiger partial charge < -0.3 is 15.5 Å². The fraction of sp³-hybridized carbons (Fsp3) is 0.478. The van der Waals surface area contributed by atoms with Crippen LogP contribution >= 0.6 is 0 Å². The molecule has 0 saturated heterocycles. The van der Waals surface area contributed by atoms with Crippen LogP contribution in [0.4, 0.5) is 11.8 Å². The number of anilines is 2. The quantitative estimate of drug-likeness (QED) is 0.766. The fourth-order valence-electron chi connectivity index (χ4n) is 4.42. The number of hydrogen-bond donors (Lipinski definition) is 2. The van der Waals surface area contributed by atoms with Crippen LogP contribution in [-0.2, 0) is 4.79 Å². The van der Waals surface area contributed by atoms with Crippen molar-refractivity contribution in [1.82, 2.24) is 15.3 Å². The summed E-state index contributed by atoms with van der Waals surface area (Å²) in [6.07, 6.45) is 6.21. The predicted octanol–water partition coefficient (Wildman–Crippen LogP) is 3.00. The molecule has 7 nitrogen and oxygen atoms in total. The van der Waals surface area contributed by atoms with Gasteiger partial charge in [-0.2, -0.15) is 4.98 Å². The average Bonchev–Trinajstić information content (AvgIpc) is 3.10. The van der Waals surface area contributed by atoms with E-state index in [4.69, 9.17) is 0 Å². The molecule has 1 fully saturated rings. The molecular weight excluding hydrogens is 378 g/mol. The van der Waals surface area contributed by atoms with Gasteiger partial charge in [-0.25, -0.2) is 4.98 Å². The third-order valence-corrected chi connectivity index (χ3v) is 6.19. The molecule has 1 aromatic carbocycles. The molecule has 2 aliphatic rings. The SMILES string of the molecule is CN(C)c1ccnc(NC2CCC(CNC(=O)C3CC(=O)c4ccccc43)CC2)n1. The third-order valence-electron chi connectivity index (χ3n) is 6.19. The van der Waals surface area contributed by atoms with E-state index in [0.29, 0.717) is 30.0 Å². The van der Waals surface area contributed by atoms with Crippen molar-refractivity contribution in [2.75, 3.05) is 30.9 Å². The molecule has 0 spiro atoms. The van der Waals surface area contributed by atoms with Gasteiger partial charge in [0.1, 0.15) is 5.82 Å². The molecule has 2 aliphatic carbocycles. The van der Waals surface area contributed by atoms with E-state index in [-0.39, 0.29) is 24.0 Å². The first-order valence-electron chi connectivity index (χ1n) is 10.7. The van der Waals surface area contributed by atoms with Crippen molar-refractivity contribution < 1.29 is 9.59 Å². The lowest BCUT2D eigenvalue weighted by Gasteiger charge is -2.29. The lowest BCUT2D eigenvalue weighted by molar-refractivity contribution is -0.122. The Labute approximate surface area is 177 Å². The normalized spacial score (nSPS) is 23.0. The number of rotatable bonds is 6. The maximum Gasteiger partial charge on any atom is 0.228 e. The first-order chi connectivity index (χ1) is 14.5. The summed E-state index contributed by atoms with van der Waals surface area (Å²) in [6, 6.07) is 9.70. The number of nitrogens with one attached hydrogen (secondary N) is 2. The second-order valence-corrected chi connectivity index (χ2v) is 8.51. The van der Waals surface area contributed by atoms with E-state index >= 15 is 0 Å². The third kappa shape index (κ3) is 4.45. The fourth-order valence-corrected chi connectivity index (χ4v) is 4.42.